The lowest BCUT2D eigenvalue weighted by Gasteiger charge is -2.06. The lowest BCUT2D eigenvalue weighted by atomic mass is 10.1. The second kappa shape index (κ2) is 13.6. The molecule has 108 valence electrons. The number of esters is 1. The van der Waals surface area contributed by atoms with Crippen molar-refractivity contribution >= 4 is 28.6 Å². The summed E-state index contributed by atoms with van der Waals surface area (Å²) in [7, 11) is 0. The summed E-state index contributed by atoms with van der Waals surface area (Å²) in [6.45, 7) is 4.72. The molecule has 0 aromatic carbocycles. The molecule has 3 heteroatoms. The first kappa shape index (κ1) is 18.2. The molecule has 0 spiro atoms. The molecule has 0 aliphatic carbocycles. The van der Waals surface area contributed by atoms with E-state index in [1.165, 1.54) is 57.8 Å². The minimum absolute atomic E-state index is 0.0225. The number of alkyl halides is 1. The quantitative estimate of drug-likeness (QED) is 0.203. The number of rotatable bonds is 12. The van der Waals surface area contributed by atoms with Crippen LogP contribution in [0.4, 0.5) is 0 Å². The molecule has 1 atom stereocenters. The molecule has 0 aliphatic heterocycles. The van der Waals surface area contributed by atoms with Crippen molar-refractivity contribution in [3.8, 4) is 0 Å². The van der Waals surface area contributed by atoms with E-state index in [0.717, 1.165) is 6.42 Å². The maximum atomic E-state index is 11.2. The van der Waals surface area contributed by atoms with Crippen LogP contribution in [-0.2, 0) is 9.53 Å². The monoisotopic (exact) mass is 368 g/mol. The molecule has 18 heavy (non-hydrogen) atoms. The molecule has 0 radical (unpaired) electrons. The maximum Gasteiger partial charge on any atom is 0.318 e. The van der Waals surface area contributed by atoms with Crippen LogP contribution in [0.15, 0.2) is 0 Å². The fourth-order valence-corrected chi connectivity index (χ4v) is 2.06. The largest absolute Gasteiger partial charge is 0.465 e. The number of hydrogen-bond donors (Lipinski definition) is 0. The molecular formula is C15H29IO2. The van der Waals surface area contributed by atoms with Crippen LogP contribution in [-0.4, -0.2) is 16.5 Å². The van der Waals surface area contributed by atoms with Gasteiger partial charge in [-0.05, 0) is 13.3 Å². The SMILES string of the molecule is CCCCCCCCCCCCOC(=O)C(C)I. The van der Waals surface area contributed by atoms with Gasteiger partial charge in [0.15, 0.2) is 0 Å². The third-order valence-electron chi connectivity index (χ3n) is 3.07. The molecular weight excluding hydrogens is 339 g/mol. The van der Waals surface area contributed by atoms with Crippen molar-refractivity contribution in [1.29, 1.82) is 0 Å². The van der Waals surface area contributed by atoms with Gasteiger partial charge in [0.2, 0.25) is 0 Å². The Bertz CT molecular complexity index is 193. The molecule has 2 nitrogen and oxygen atoms in total. The van der Waals surface area contributed by atoms with Crippen molar-refractivity contribution in [3.63, 3.8) is 0 Å². The van der Waals surface area contributed by atoms with Crippen LogP contribution < -0.4 is 0 Å². The van der Waals surface area contributed by atoms with E-state index in [4.69, 9.17) is 4.74 Å². The highest BCUT2D eigenvalue weighted by Crippen LogP contribution is 2.10. The summed E-state index contributed by atoms with van der Waals surface area (Å²) >= 11 is 2.09. The molecule has 0 aliphatic rings. The van der Waals surface area contributed by atoms with Crippen molar-refractivity contribution < 1.29 is 9.53 Å². The summed E-state index contributed by atoms with van der Waals surface area (Å²) in [6, 6.07) is 0. The van der Waals surface area contributed by atoms with Crippen molar-refractivity contribution in [2.24, 2.45) is 0 Å². The van der Waals surface area contributed by atoms with Crippen molar-refractivity contribution in [2.75, 3.05) is 6.61 Å². The third-order valence-corrected chi connectivity index (χ3v) is 3.58. The van der Waals surface area contributed by atoms with E-state index in [1.54, 1.807) is 0 Å². The molecule has 0 bridgehead atoms. The van der Waals surface area contributed by atoms with Crippen LogP contribution in [0.2, 0.25) is 0 Å². The highest BCUT2D eigenvalue weighted by molar-refractivity contribution is 14.1. The van der Waals surface area contributed by atoms with Gasteiger partial charge in [-0.3, -0.25) is 4.79 Å². The first-order valence-corrected chi connectivity index (χ1v) is 8.73. The summed E-state index contributed by atoms with van der Waals surface area (Å²) in [6.07, 6.45) is 13.1. The van der Waals surface area contributed by atoms with Crippen LogP contribution in [0.3, 0.4) is 0 Å². The molecule has 0 rings (SSSR count). The molecule has 0 fully saturated rings. The fraction of sp³-hybridized carbons (Fsp3) is 0.933. The van der Waals surface area contributed by atoms with Gasteiger partial charge in [-0.2, -0.15) is 0 Å². The van der Waals surface area contributed by atoms with E-state index in [1.807, 2.05) is 6.92 Å². The number of ether oxygens (including phenoxy) is 1. The van der Waals surface area contributed by atoms with Gasteiger partial charge in [0.25, 0.3) is 0 Å². The summed E-state index contributed by atoms with van der Waals surface area (Å²) in [5, 5.41) is 0. The van der Waals surface area contributed by atoms with Crippen LogP contribution in [0.1, 0.15) is 78.1 Å². The highest BCUT2D eigenvalue weighted by Gasteiger charge is 2.08. The van der Waals surface area contributed by atoms with E-state index in [9.17, 15) is 4.79 Å². The molecule has 0 saturated carbocycles. The van der Waals surface area contributed by atoms with Crippen molar-refractivity contribution in [2.45, 2.75) is 82.0 Å². The Balaban J connectivity index is 3.05. The van der Waals surface area contributed by atoms with Gasteiger partial charge in [0.1, 0.15) is 3.92 Å². The minimum Gasteiger partial charge on any atom is -0.465 e. The molecule has 0 heterocycles. The van der Waals surface area contributed by atoms with Crippen LogP contribution >= 0.6 is 22.6 Å². The van der Waals surface area contributed by atoms with Crippen LogP contribution in [0.5, 0.6) is 0 Å². The van der Waals surface area contributed by atoms with E-state index in [2.05, 4.69) is 29.5 Å². The zero-order chi connectivity index (χ0) is 13.6. The second-order valence-corrected chi connectivity index (χ2v) is 6.83. The Kier molecular flexibility index (Phi) is 13.8. The fourth-order valence-electron chi connectivity index (χ4n) is 1.88. The molecule has 0 aromatic rings. The Morgan fingerprint density at radius 2 is 1.39 bits per heavy atom. The summed E-state index contributed by atoms with van der Waals surface area (Å²) in [4.78, 5) is 11.2. The van der Waals surface area contributed by atoms with Gasteiger partial charge in [0.05, 0.1) is 6.61 Å². The summed E-state index contributed by atoms with van der Waals surface area (Å²) in [5.41, 5.74) is 0. The number of hydrogen-bond acceptors (Lipinski definition) is 2. The first-order valence-electron chi connectivity index (χ1n) is 7.49. The molecule has 1 unspecified atom stereocenters. The average Bonchev–Trinajstić information content (AvgIpc) is 2.35. The lowest BCUT2D eigenvalue weighted by molar-refractivity contribution is -0.142. The highest BCUT2D eigenvalue weighted by atomic mass is 127. The molecule has 0 saturated heterocycles. The topological polar surface area (TPSA) is 26.3 Å². The van der Waals surface area contributed by atoms with Crippen molar-refractivity contribution in [3.05, 3.63) is 0 Å². The zero-order valence-corrected chi connectivity index (χ0v) is 14.2. The van der Waals surface area contributed by atoms with E-state index in [-0.39, 0.29) is 9.89 Å². The number of carbonyl (C=O) groups excluding carboxylic acids is 1. The summed E-state index contributed by atoms with van der Waals surface area (Å²) in [5.74, 6) is -0.0773. The average molecular weight is 368 g/mol. The second-order valence-electron chi connectivity index (χ2n) is 4.97. The van der Waals surface area contributed by atoms with Gasteiger partial charge in [0, 0.05) is 0 Å². The van der Waals surface area contributed by atoms with E-state index < -0.39 is 0 Å². The van der Waals surface area contributed by atoms with Gasteiger partial charge < -0.3 is 4.74 Å². The molecule has 0 aromatic heterocycles. The number of halogens is 1. The van der Waals surface area contributed by atoms with E-state index >= 15 is 0 Å². The Morgan fingerprint density at radius 1 is 0.944 bits per heavy atom. The van der Waals surface area contributed by atoms with Crippen molar-refractivity contribution in [1.82, 2.24) is 0 Å². The number of unbranched alkanes of at least 4 members (excludes halogenated alkanes) is 9. The van der Waals surface area contributed by atoms with Crippen LogP contribution in [0, 0.1) is 0 Å². The molecule has 0 N–H and O–H groups in total. The maximum absolute atomic E-state index is 11.2. The predicted octanol–water partition coefficient (Wildman–Crippen LogP) is 5.27. The van der Waals surface area contributed by atoms with Gasteiger partial charge >= 0.3 is 5.97 Å². The normalized spacial score (nSPS) is 12.4. The van der Waals surface area contributed by atoms with E-state index in [0.29, 0.717) is 6.61 Å². The van der Waals surface area contributed by atoms with Gasteiger partial charge in [-0.25, -0.2) is 0 Å². The standard InChI is InChI=1S/C15H29IO2/c1-3-4-5-6-7-8-9-10-11-12-13-18-15(17)14(2)16/h14H,3-13H2,1-2H3. The summed E-state index contributed by atoms with van der Waals surface area (Å²) < 4.78 is 5.11. The Labute approximate surface area is 126 Å². The van der Waals surface area contributed by atoms with Gasteiger partial charge in [-0.1, -0.05) is 87.3 Å². The van der Waals surface area contributed by atoms with Gasteiger partial charge in [-0.15, -0.1) is 0 Å². The smallest absolute Gasteiger partial charge is 0.318 e. The molecule has 0 amide bonds. The predicted molar refractivity (Wildman–Crippen MR) is 86.3 cm³/mol. The zero-order valence-electron chi connectivity index (χ0n) is 12.0. The third kappa shape index (κ3) is 12.7. The Hall–Kier alpha value is 0.200. The first-order chi connectivity index (χ1) is 8.68. The van der Waals surface area contributed by atoms with Crippen LogP contribution in [0.25, 0.3) is 0 Å². The lowest BCUT2D eigenvalue weighted by Crippen LogP contribution is -2.14. The Morgan fingerprint density at radius 3 is 1.83 bits per heavy atom. The number of carbonyl (C=O) groups is 1. The minimum atomic E-state index is -0.0773.